The van der Waals surface area contributed by atoms with Crippen molar-refractivity contribution in [3.8, 4) is 0 Å². The number of urea groups is 2. The maximum atomic E-state index is 12.7. The number of halogens is 2. The number of carbonyl (C=O) groups excluding carboxylic acids is 8. The third-order valence-corrected chi connectivity index (χ3v) is 13.3. The van der Waals surface area contributed by atoms with E-state index >= 15 is 0 Å². The van der Waals surface area contributed by atoms with Gasteiger partial charge in [0, 0.05) is 57.1 Å². The van der Waals surface area contributed by atoms with Crippen molar-refractivity contribution < 1.29 is 38.4 Å². The molecular weight excluding hydrogens is 856 g/mol. The number of hydrogen-bond donors (Lipinski definition) is 6. The minimum absolute atomic E-state index is 0.213. The van der Waals surface area contributed by atoms with Crippen LogP contribution >= 0.6 is 45.9 Å². The lowest BCUT2D eigenvalue weighted by atomic mass is 10.0. The van der Waals surface area contributed by atoms with Crippen molar-refractivity contribution in [2.24, 2.45) is 0 Å². The Balaban J connectivity index is 0.000000181. The number of anilines is 2. The van der Waals surface area contributed by atoms with Crippen molar-refractivity contribution in [1.29, 1.82) is 0 Å². The van der Waals surface area contributed by atoms with Crippen molar-refractivity contribution >= 4 is 105 Å². The quantitative estimate of drug-likeness (QED) is 0.123. The number of carbonyl (C=O) groups is 8. The lowest BCUT2D eigenvalue weighted by molar-refractivity contribution is -0.138. The van der Waals surface area contributed by atoms with Crippen molar-refractivity contribution in [3.63, 3.8) is 0 Å². The zero-order valence-corrected chi connectivity index (χ0v) is 35.3. The minimum atomic E-state index is -0.622. The molecule has 312 valence electrons. The summed E-state index contributed by atoms with van der Waals surface area (Å²) >= 11 is 14.7. The number of rotatable bonds is 8. The van der Waals surface area contributed by atoms with Crippen LogP contribution in [0.4, 0.5) is 21.0 Å². The predicted molar refractivity (Wildman–Crippen MR) is 225 cm³/mol. The molecule has 4 aliphatic heterocycles. The van der Waals surface area contributed by atoms with E-state index in [1.807, 2.05) is 38.1 Å². The molecule has 10 amide bonds. The van der Waals surface area contributed by atoms with Crippen molar-refractivity contribution in [2.45, 2.75) is 77.8 Å². The molecule has 2 atom stereocenters. The number of thiophene rings is 2. The van der Waals surface area contributed by atoms with Crippen LogP contribution in [0.3, 0.4) is 0 Å². The summed E-state index contributed by atoms with van der Waals surface area (Å²) in [4.78, 5) is 102. The largest absolute Gasteiger partial charge is 0.333 e. The Morgan fingerprint density at radius 3 is 1.40 bits per heavy atom. The maximum absolute atomic E-state index is 12.7. The highest BCUT2D eigenvalue weighted by atomic mass is 35.5. The summed E-state index contributed by atoms with van der Waals surface area (Å²) in [6.07, 6.45) is 1.13. The van der Waals surface area contributed by atoms with Gasteiger partial charge in [-0.25, -0.2) is 9.59 Å². The third kappa shape index (κ3) is 9.46. The number of hydrogen-bond acceptors (Lipinski definition) is 10. The lowest BCUT2D eigenvalue weighted by Gasteiger charge is -2.29. The third-order valence-electron chi connectivity index (χ3n) is 10.2. The van der Waals surface area contributed by atoms with Crippen LogP contribution in [0, 0.1) is 13.8 Å². The summed E-state index contributed by atoms with van der Waals surface area (Å²) in [7, 11) is 0. The Morgan fingerprint density at radius 1 is 0.650 bits per heavy atom. The van der Waals surface area contributed by atoms with Gasteiger partial charge in [-0.2, -0.15) is 0 Å². The second kappa shape index (κ2) is 17.8. The van der Waals surface area contributed by atoms with Gasteiger partial charge in [0.05, 0.1) is 22.8 Å². The van der Waals surface area contributed by atoms with Crippen LogP contribution in [0.15, 0.2) is 48.5 Å². The van der Waals surface area contributed by atoms with Gasteiger partial charge in [0.2, 0.25) is 23.6 Å². The topological polar surface area (TPSA) is 215 Å². The van der Waals surface area contributed by atoms with Gasteiger partial charge < -0.3 is 31.1 Å². The summed E-state index contributed by atoms with van der Waals surface area (Å²) in [6, 6.07) is 12.3. The molecule has 8 rings (SSSR count). The van der Waals surface area contributed by atoms with Crippen molar-refractivity contribution in [3.05, 3.63) is 100 Å². The molecule has 4 aromatic rings. The zero-order valence-electron chi connectivity index (χ0n) is 32.2. The smallest absolute Gasteiger partial charge is 0.319 e. The number of imide groups is 2. The Morgan fingerprint density at radius 2 is 1.05 bits per heavy atom. The molecule has 16 nitrogen and oxygen atoms in total. The molecule has 2 saturated heterocycles. The number of piperidine rings is 2. The van der Waals surface area contributed by atoms with Gasteiger partial charge in [0.1, 0.15) is 12.1 Å². The molecule has 20 heteroatoms. The van der Waals surface area contributed by atoms with E-state index in [0.29, 0.717) is 57.1 Å². The van der Waals surface area contributed by atoms with E-state index in [1.54, 1.807) is 24.3 Å². The first-order chi connectivity index (χ1) is 28.6. The van der Waals surface area contributed by atoms with Crippen LogP contribution in [-0.4, -0.2) is 69.4 Å². The average Bonchev–Trinajstić information content (AvgIpc) is 3.95. The Labute approximate surface area is 361 Å². The van der Waals surface area contributed by atoms with Gasteiger partial charge in [-0.15, -0.1) is 22.7 Å². The molecule has 0 unspecified atom stereocenters. The van der Waals surface area contributed by atoms with E-state index in [0.717, 1.165) is 32.0 Å². The van der Waals surface area contributed by atoms with E-state index in [4.69, 9.17) is 23.2 Å². The Hall–Kier alpha value is -5.82. The fraction of sp³-hybridized carbons (Fsp3) is 0.300. The van der Waals surface area contributed by atoms with Gasteiger partial charge in [-0.05, 0) is 85.3 Å². The number of amides is 10. The second-order valence-electron chi connectivity index (χ2n) is 14.5. The molecule has 0 saturated carbocycles. The van der Waals surface area contributed by atoms with Gasteiger partial charge in [0.15, 0.2) is 0 Å². The molecular formula is C40H38Cl2N8O8S2. The number of aryl methyl sites for hydroxylation is 2. The summed E-state index contributed by atoms with van der Waals surface area (Å²) in [6.45, 7) is 4.95. The standard InChI is InChI=1S/2C20H19ClN4O4S/c2*1-10-2-3-12(7-14(10)21)23-20(29)22-8-13-6-11-9-25(19(28)17(11)30-13)15-4-5-16(26)24-18(15)27/h2*2-3,6-7,15H,4-5,8-9H2,1H3,(H2,22,23,29)(H,24,26,27)/t2*15-/m10/s1. The van der Waals surface area contributed by atoms with Gasteiger partial charge in [0.25, 0.3) is 11.8 Å². The summed E-state index contributed by atoms with van der Waals surface area (Å²) in [5.41, 5.74) is 4.69. The van der Waals surface area contributed by atoms with E-state index < -0.39 is 23.9 Å². The molecule has 0 radical (unpaired) electrons. The summed E-state index contributed by atoms with van der Waals surface area (Å²) < 4.78 is 0. The molecule has 0 spiro atoms. The van der Waals surface area contributed by atoms with E-state index in [1.165, 1.54) is 32.5 Å². The Bertz CT molecular complexity index is 2300. The molecule has 2 aromatic carbocycles. The first-order valence-electron chi connectivity index (χ1n) is 18.8. The zero-order chi connectivity index (χ0) is 42.8. The van der Waals surface area contributed by atoms with E-state index in [2.05, 4.69) is 31.9 Å². The normalized spacial score (nSPS) is 18.3. The highest BCUT2D eigenvalue weighted by molar-refractivity contribution is 7.14. The molecule has 60 heavy (non-hydrogen) atoms. The molecule has 2 fully saturated rings. The van der Waals surface area contributed by atoms with E-state index in [-0.39, 0.29) is 61.6 Å². The molecule has 4 aliphatic rings. The number of nitrogens with one attached hydrogen (secondary N) is 6. The monoisotopic (exact) mass is 892 g/mol. The van der Waals surface area contributed by atoms with Crippen molar-refractivity contribution in [2.75, 3.05) is 10.6 Å². The first-order valence-corrected chi connectivity index (χ1v) is 21.2. The number of fused-ring (bicyclic) bond motifs is 2. The van der Waals surface area contributed by atoms with Crippen LogP contribution < -0.4 is 31.9 Å². The van der Waals surface area contributed by atoms with Crippen molar-refractivity contribution in [1.82, 2.24) is 31.1 Å². The molecule has 0 aliphatic carbocycles. The van der Waals surface area contributed by atoms with Gasteiger partial charge >= 0.3 is 12.1 Å². The first kappa shape index (κ1) is 42.3. The fourth-order valence-electron chi connectivity index (χ4n) is 7.00. The lowest BCUT2D eigenvalue weighted by Crippen LogP contribution is -2.52. The molecule has 2 aromatic heterocycles. The summed E-state index contributed by atoms with van der Waals surface area (Å²) in [5, 5.41) is 16.7. The molecule has 0 bridgehead atoms. The average molecular weight is 894 g/mol. The van der Waals surface area contributed by atoms with E-state index in [9.17, 15) is 38.4 Å². The SMILES string of the molecule is Cc1ccc(NC(=O)NCc2cc3c(s2)C(=O)N([C@@H]2CCC(=O)NC2=O)C3)cc1Cl.Cc1ccc(NC(=O)NCc2cc3c(s2)C(=O)N([C@H]2CCC(=O)NC2=O)C3)cc1Cl. The van der Waals surface area contributed by atoms with Gasteiger partial charge in [-0.1, -0.05) is 35.3 Å². The van der Waals surface area contributed by atoms with Crippen LogP contribution in [-0.2, 0) is 45.4 Å². The number of benzene rings is 2. The van der Waals surface area contributed by atoms with Crippen LogP contribution in [0.1, 0.15) is 77.0 Å². The van der Waals surface area contributed by atoms with Crippen LogP contribution in [0.5, 0.6) is 0 Å². The highest BCUT2D eigenvalue weighted by Gasteiger charge is 2.41. The summed E-state index contributed by atoms with van der Waals surface area (Å²) in [5.74, 6) is -1.90. The fourth-order valence-corrected chi connectivity index (χ4v) is 9.50. The van der Waals surface area contributed by atoms with Gasteiger partial charge in [-0.3, -0.25) is 39.4 Å². The molecule has 6 N–H and O–H groups in total. The second-order valence-corrected chi connectivity index (χ2v) is 17.6. The Kier molecular flexibility index (Phi) is 12.6. The minimum Gasteiger partial charge on any atom is -0.333 e. The molecule has 6 heterocycles. The maximum Gasteiger partial charge on any atom is 0.319 e. The number of nitrogens with zero attached hydrogens (tertiary/aromatic N) is 2. The van der Waals surface area contributed by atoms with Crippen LogP contribution in [0.25, 0.3) is 0 Å². The van der Waals surface area contributed by atoms with Crippen LogP contribution in [0.2, 0.25) is 10.0 Å². The highest BCUT2D eigenvalue weighted by Crippen LogP contribution is 2.35. The predicted octanol–water partition coefficient (Wildman–Crippen LogP) is 5.59.